The number of rotatable bonds is 6. The standard InChI is InChI=1S/C54H43N/c1-53(2)46-26-14-11-22-40(46)45-35-39(31-32-48(45)53)55(51-33-30-38(36-18-7-5-8-19-36)34-44(51)37-20-9-6-10-21-37)50-29-16-13-23-41(50)42-25-17-28-49-52(42)43-24-12-15-27-47(43)54(49,3)4/h5-35H,1-4H3. The molecule has 0 aromatic heterocycles. The van der Waals surface area contributed by atoms with Crippen molar-refractivity contribution in [2.45, 2.75) is 38.5 Å². The van der Waals surface area contributed by atoms with Crippen LogP contribution in [-0.4, -0.2) is 0 Å². The van der Waals surface area contributed by atoms with E-state index in [9.17, 15) is 0 Å². The van der Waals surface area contributed by atoms with Crippen molar-refractivity contribution in [1.82, 2.24) is 0 Å². The summed E-state index contributed by atoms with van der Waals surface area (Å²) in [7, 11) is 0. The number of hydrogen-bond acceptors (Lipinski definition) is 1. The summed E-state index contributed by atoms with van der Waals surface area (Å²) in [6.07, 6.45) is 0. The minimum absolute atomic E-state index is 0.0789. The van der Waals surface area contributed by atoms with Gasteiger partial charge in [-0.15, -0.1) is 0 Å². The van der Waals surface area contributed by atoms with Gasteiger partial charge in [0.05, 0.1) is 11.4 Å². The van der Waals surface area contributed by atoms with E-state index in [2.05, 4.69) is 221 Å². The van der Waals surface area contributed by atoms with Crippen LogP contribution in [0.4, 0.5) is 17.1 Å². The molecule has 8 aromatic rings. The summed E-state index contributed by atoms with van der Waals surface area (Å²) in [5, 5.41) is 0. The molecule has 55 heavy (non-hydrogen) atoms. The molecule has 0 fully saturated rings. The van der Waals surface area contributed by atoms with E-state index < -0.39 is 0 Å². The van der Waals surface area contributed by atoms with Crippen molar-refractivity contribution in [1.29, 1.82) is 0 Å². The number of hydrogen-bond donors (Lipinski definition) is 0. The van der Waals surface area contributed by atoms with E-state index in [4.69, 9.17) is 0 Å². The second-order valence-corrected chi connectivity index (χ2v) is 16.1. The monoisotopic (exact) mass is 705 g/mol. The Balaban J connectivity index is 1.26. The molecule has 0 heterocycles. The molecule has 0 saturated carbocycles. The zero-order valence-electron chi connectivity index (χ0n) is 31.8. The Morgan fingerprint density at radius 3 is 1.58 bits per heavy atom. The average Bonchev–Trinajstić information content (AvgIpc) is 3.61. The second kappa shape index (κ2) is 12.6. The smallest absolute Gasteiger partial charge is 0.0540 e. The Kier molecular flexibility index (Phi) is 7.58. The summed E-state index contributed by atoms with van der Waals surface area (Å²) in [5.74, 6) is 0. The second-order valence-electron chi connectivity index (χ2n) is 16.1. The SMILES string of the molecule is CC1(C)c2ccccc2-c2cc(N(c3ccc(-c4ccccc4)cc3-c3ccccc3)c3ccccc3-c3cccc4c3-c3ccccc3C4(C)C)ccc21. The third-order valence-corrected chi connectivity index (χ3v) is 12.3. The molecule has 10 rings (SSSR count). The van der Waals surface area contributed by atoms with Crippen LogP contribution in [-0.2, 0) is 10.8 Å². The van der Waals surface area contributed by atoms with Crippen LogP contribution in [0, 0.1) is 0 Å². The van der Waals surface area contributed by atoms with Crippen molar-refractivity contribution in [3.05, 3.63) is 210 Å². The molecule has 1 nitrogen and oxygen atoms in total. The number of nitrogens with zero attached hydrogens (tertiary/aromatic N) is 1. The Morgan fingerprint density at radius 1 is 0.309 bits per heavy atom. The van der Waals surface area contributed by atoms with Crippen LogP contribution >= 0.6 is 0 Å². The van der Waals surface area contributed by atoms with Gasteiger partial charge in [0.1, 0.15) is 0 Å². The van der Waals surface area contributed by atoms with Crippen LogP contribution in [0.15, 0.2) is 188 Å². The fraction of sp³-hybridized carbons (Fsp3) is 0.111. The maximum Gasteiger partial charge on any atom is 0.0540 e. The van der Waals surface area contributed by atoms with Crippen molar-refractivity contribution in [2.24, 2.45) is 0 Å². The van der Waals surface area contributed by atoms with Gasteiger partial charge in [0.25, 0.3) is 0 Å². The van der Waals surface area contributed by atoms with Crippen LogP contribution in [0.3, 0.4) is 0 Å². The summed E-state index contributed by atoms with van der Waals surface area (Å²) >= 11 is 0. The molecular weight excluding hydrogens is 663 g/mol. The lowest BCUT2D eigenvalue weighted by molar-refractivity contribution is 0.660. The van der Waals surface area contributed by atoms with E-state index >= 15 is 0 Å². The summed E-state index contributed by atoms with van der Waals surface area (Å²) in [6, 6.07) is 69.6. The lowest BCUT2D eigenvalue weighted by Gasteiger charge is -2.31. The maximum absolute atomic E-state index is 2.52. The summed E-state index contributed by atoms with van der Waals surface area (Å²) < 4.78 is 0. The topological polar surface area (TPSA) is 3.24 Å². The van der Waals surface area contributed by atoms with Crippen LogP contribution in [0.25, 0.3) is 55.6 Å². The molecule has 264 valence electrons. The van der Waals surface area contributed by atoms with E-state index in [1.165, 1.54) is 77.9 Å². The molecule has 2 aliphatic rings. The van der Waals surface area contributed by atoms with E-state index in [-0.39, 0.29) is 10.8 Å². The van der Waals surface area contributed by atoms with Gasteiger partial charge in [0, 0.05) is 27.6 Å². The fourth-order valence-corrected chi connectivity index (χ4v) is 9.52. The van der Waals surface area contributed by atoms with Gasteiger partial charge >= 0.3 is 0 Å². The molecule has 0 bridgehead atoms. The molecular formula is C54H43N. The van der Waals surface area contributed by atoms with Crippen molar-refractivity contribution in [3.63, 3.8) is 0 Å². The molecule has 0 N–H and O–H groups in total. The zero-order chi connectivity index (χ0) is 37.3. The summed E-state index contributed by atoms with van der Waals surface area (Å²) in [6.45, 7) is 9.44. The molecule has 0 unspecified atom stereocenters. The largest absolute Gasteiger partial charge is 0.309 e. The number of para-hydroxylation sites is 1. The Labute approximate surface area is 325 Å². The first-order valence-electron chi connectivity index (χ1n) is 19.4. The summed E-state index contributed by atoms with van der Waals surface area (Å²) in [5.41, 5.74) is 21.3. The highest BCUT2D eigenvalue weighted by molar-refractivity contribution is 6.00. The molecule has 8 aromatic carbocycles. The number of benzene rings is 8. The molecule has 0 aliphatic heterocycles. The highest BCUT2D eigenvalue weighted by atomic mass is 15.1. The fourth-order valence-electron chi connectivity index (χ4n) is 9.52. The minimum Gasteiger partial charge on any atom is -0.309 e. The highest BCUT2D eigenvalue weighted by Gasteiger charge is 2.38. The Hall–Kier alpha value is -6.44. The third-order valence-electron chi connectivity index (χ3n) is 12.3. The molecule has 2 aliphatic carbocycles. The Morgan fingerprint density at radius 2 is 0.836 bits per heavy atom. The lowest BCUT2D eigenvalue weighted by atomic mass is 9.82. The van der Waals surface area contributed by atoms with Gasteiger partial charge in [-0.2, -0.15) is 0 Å². The first-order chi connectivity index (χ1) is 26.8. The first-order valence-corrected chi connectivity index (χ1v) is 19.4. The molecule has 1 heteroatoms. The predicted octanol–water partition coefficient (Wildman–Crippen LogP) is 14.8. The van der Waals surface area contributed by atoms with E-state index in [1.807, 2.05) is 0 Å². The minimum atomic E-state index is -0.0928. The van der Waals surface area contributed by atoms with E-state index in [1.54, 1.807) is 0 Å². The van der Waals surface area contributed by atoms with Crippen LogP contribution in [0.5, 0.6) is 0 Å². The molecule has 0 atom stereocenters. The quantitative estimate of drug-likeness (QED) is 0.166. The van der Waals surface area contributed by atoms with Gasteiger partial charge in [-0.05, 0) is 97.1 Å². The zero-order valence-corrected chi connectivity index (χ0v) is 31.8. The van der Waals surface area contributed by atoms with Gasteiger partial charge < -0.3 is 4.90 Å². The molecule has 0 saturated heterocycles. The molecule has 0 amide bonds. The van der Waals surface area contributed by atoms with Crippen LogP contribution in [0.2, 0.25) is 0 Å². The predicted molar refractivity (Wildman–Crippen MR) is 233 cm³/mol. The molecule has 0 radical (unpaired) electrons. The van der Waals surface area contributed by atoms with Gasteiger partial charge in [0.15, 0.2) is 0 Å². The van der Waals surface area contributed by atoms with E-state index in [0.29, 0.717) is 0 Å². The van der Waals surface area contributed by atoms with Crippen molar-refractivity contribution in [2.75, 3.05) is 4.90 Å². The first kappa shape index (κ1) is 33.2. The highest BCUT2D eigenvalue weighted by Crippen LogP contribution is 2.55. The number of fused-ring (bicyclic) bond motifs is 6. The van der Waals surface area contributed by atoms with Crippen molar-refractivity contribution >= 4 is 17.1 Å². The van der Waals surface area contributed by atoms with Gasteiger partial charge in [-0.3, -0.25) is 0 Å². The normalized spacial score (nSPS) is 14.1. The van der Waals surface area contributed by atoms with Crippen molar-refractivity contribution in [3.8, 4) is 55.6 Å². The molecule has 0 spiro atoms. The maximum atomic E-state index is 2.52. The summed E-state index contributed by atoms with van der Waals surface area (Å²) in [4.78, 5) is 2.52. The van der Waals surface area contributed by atoms with Crippen LogP contribution in [0.1, 0.15) is 49.9 Å². The van der Waals surface area contributed by atoms with Crippen molar-refractivity contribution < 1.29 is 0 Å². The van der Waals surface area contributed by atoms with Gasteiger partial charge in [-0.25, -0.2) is 0 Å². The number of anilines is 3. The average molecular weight is 706 g/mol. The Bertz CT molecular complexity index is 2750. The lowest BCUT2D eigenvalue weighted by Crippen LogP contribution is -2.16. The van der Waals surface area contributed by atoms with Crippen LogP contribution < -0.4 is 4.90 Å². The third kappa shape index (κ3) is 5.14. The van der Waals surface area contributed by atoms with E-state index in [0.717, 1.165) is 17.1 Å². The van der Waals surface area contributed by atoms with Gasteiger partial charge in [0.2, 0.25) is 0 Å². The van der Waals surface area contributed by atoms with Gasteiger partial charge in [-0.1, -0.05) is 185 Å².